The number of hydrogen-bond donors (Lipinski definition) is 0. The lowest BCUT2D eigenvalue weighted by molar-refractivity contribution is -0.104. The molecule has 0 aliphatic rings. The van der Waals surface area contributed by atoms with Gasteiger partial charge in [-0.1, -0.05) is 69.6 Å². The fourth-order valence-electron chi connectivity index (χ4n) is 0.357. The number of halogens is 6. The predicted molar refractivity (Wildman–Crippen MR) is 59.0 cm³/mol. The first-order valence-corrected chi connectivity index (χ1v) is 5.14. The summed E-state index contributed by atoms with van der Waals surface area (Å²) < 4.78 is 0. The third-order valence-corrected chi connectivity index (χ3v) is 3.33. The standard InChI is InChI=1S/C6H2Cl6O/c7-2(1-13)3(8)4(9)5(10)6(11)12/h1,6H. The monoisotopic (exact) mass is 300 g/mol. The Morgan fingerprint density at radius 2 is 1.46 bits per heavy atom. The van der Waals surface area contributed by atoms with E-state index in [-0.39, 0.29) is 20.1 Å². The van der Waals surface area contributed by atoms with Gasteiger partial charge in [-0.25, -0.2) is 0 Å². The molecule has 0 spiro atoms. The highest BCUT2D eigenvalue weighted by molar-refractivity contribution is 6.57. The van der Waals surface area contributed by atoms with Crippen LogP contribution in [0.3, 0.4) is 0 Å². The Kier molecular flexibility index (Phi) is 6.83. The maximum Gasteiger partial charge on any atom is 0.162 e. The highest BCUT2D eigenvalue weighted by Gasteiger charge is 2.14. The fraction of sp³-hybridized carbons (Fsp3) is 0.167. The van der Waals surface area contributed by atoms with E-state index in [2.05, 4.69) is 0 Å². The summed E-state index contributed by atoms with van der Waals surface area (Å²) in [6.07, 6.45) is 0.327. The van der Waals surface area contributed by atoms with Crippen LogP contribution in [-0.2, 0) is 4.79 Å². The van der Waals surface area contributed by atoms with E-state index in [9.17, 15) is 4.79 Å². The first-order chi connectivity index (χ1) is 5.91. The van der Waals surface area contributed by atoms with Gasteiger partial charge in [-0.3, -0.25) is 4.79 Å². The van der Waals surface area contributed by atoms with E-state index in [4.69, 9.17) is 69.6 Å². The summed E-state index contributed by atoms with van der Waals surface area (Å²) in [6, 6.07) is 0. The lowest BCUT2D eigenvalue weighted by Gasteiger charge is -2.03. The molecule has 7 heteroatoms. The van der Waals surface area contributed by atoms with Crippen molar-refractivity contribution in [1.29, 1.82) is 0 Å². The molecule has 0 saturated carbocycles. The smallest absolute Gasteiger partial charge is 0.162 e. The Morgan fingerprint density at radius 1 is 1.00 bits per heavy atom. The lowest BCUT2D eigenvalue weighted by Crippen LogP contribution is -1.91. The largest absolute Gasteiger partial charge is 0.297 e. The van der Waals surface area contributed by atoms with Crippen LogP contribution in [0.4, 0.5) is 0 Å². The molecule has 0 aromatic carbocycles. The number of carbonyl (C=O) groups excluding carboxylic acids is 1. The Morgan fingerprint density at radius 3 is 1.77 bits per heavy atom. The molecule has 13 heavy (non-hydrogen) atoms. The normalized spacial score (nSPS) is 15.3. The molecule has 0 unspecified atom stereocenters. The zero-order valence-electron chi connectivity index (χ0n) is 5.83. The topological polar surface area (TPSA) is 17.1 Å². The molecule has 0 aromatic heterocycles. The molecule has 0 rings (SSSR count). The SMILES string of the molecule is O=CC(Cl)=C(Cl)C(Cl)=C(Cl)C(Cl)Cl. The van der Waals surface area contributed by atoms with Gasteiger partial charge in [0.1, 0.15) is 9.87 Å². The molecule has 1 nitrogen and oxygen atoms in total. The van der Waals surface area contributed by atoms with Crippen LogP contribution in [-0.4, -0.2) is 11.1 Å². The molecule has 0 amide bonds. The van der Waals surface area contributed by atoms with E-state index in [1.165, 1.54) is 0 Å². The Balaban J connectivity index is 5.10. The van der Waals surface area contributed by atoms with Crippen molar-refractivity contribution in [3.63, 3.8) is 0 Å². The molecule has 0 aromatic rings. The van der Waals surface area contributed by atoms with Crippen LogP contribution in [0.15, 0.2) is 20.1 Å². The minimum Gasteiger partial charge on any atom is -0.297 e. The van der Waals surface area contributed by atoms with Gasteiger partial charge in [0.2, 0.25) is 0 Å². The van der Waals surface area contributed by atoms with Crippen molar-refractivity contribution >= 4 is 75.9 Å². The molecule has 0 aliphatic carbocycles. The number of rotatable bonds is 3. The molecule has 0 fully saturated rings. The lowest BCUT2D eigenvalue weighted by atomic mass is 10.4. The first-order valence-electron chi connectivity index (χ1n) is 2.76. The minimum atomic E-state index is -1.01. The van der Waals surface area contributed by atoms with Crippen LogP contribution in [0.5, 0.6) is 0 Å². The van der Waals surface area contributed by atoms with Crippen LogP contribution in [0, 0.1) is 0 Å². The zero-order chi connectivity index (χ0) is 10.6. The molecular formula is C6H2Cl6O. The maximum absolute atomic E-state index is 10.2. The number of alkyl halides is 2. The van der Waals surface area contributed by atoms with Crippen molar-refractivity contribution in [2.24, 2.45) is 0 Å². The van der Waals surface area contributed by atoms with Crippen molar-refractivity contribution in [3.05, 3.63) is 20.1 Å². The Bertz CT molecular complexity index is 266. The van der Waals surface area contributed by atoms with Gasteiger partial charge in [-0.05, 0) is 0 Å². The predicted octanol–water partition coefficient (Wildman–Crippen LogP) is 4.37. The van der Waals surface area contributed by atoms with E-state index in [1.807, 2.05) is 0 Å². The van der Waals surface area contributed by atoms with E-state index in [0.29, 0.717) is 6.29 Å². The molecule has 74 valence electrons. The molecule has 0 radical (unpaired) electrons. The highest BCUT2D eigenvalue weighted by Crippen LogP contribution is 2.33. The Labute approximate surface area is 105 Å². The van der Waals surface area contributed by atoms with Crippen LogP contribution < -0.4 is 0 Å². The first kappa shape index (κ1) is 13.9. The van der Waals surface area contributed by atoms with Gasteiger partial charge >= 0.3 is 0 Å². The quantitative estimate of drug-likeness (QED) is 0.327. The van der Waals surface area contributed by atoms with Gasteiger partial charge in [0, 0.05) is 0 Å². The van der Waals surface area contributed by atoms with Gasteiger partial charge in [0.15, 0.2) is 6.29 Å². The van der Waals surface area contributed by atoms with Crippen LogP contribution in [0.2, 0.25) is 0 Å². The molecule has 0 aliphatic heterocycles. The third kappa shape index (κ3) is 4.28. The van der Waals surface area contributed by atoms with Crippen molar-refractivity contribution < 1.29 is 4.79 Å². The molecular weight excluding hydrogens is 301 g/mol. The second-order valence-electron chi connectivity index (χ2n) is 1.74. The summed E-state index contributed by atoms with van der Waals surface area (Å²) in [7, 11) is 0. The second-order valence-corrected chi connectivity index (χ2v) is 4.41. The summed E-state index contributed by atoms with van der Waals surface area (Å²) in [5, 5.41) is -0.682. The van der Waals surface area contributed by atoms with Gasteiger partial charge in [0.05, 0.1) is 15.1 Å². The van der Waals surface area contributed by atoms with E-state index < -0.39 is 4.84 Å². The van der Waals surface area contributed by atoms with Crippen LogP contribution in [0.25, 0.3) is 0 Å². The maximum atomic E-state index is 10.2. The van der Waals surface area contributed by atoms with E-state index in [0.717, 1.165) is 0 Å². The summed E-state index contributed by atoms with van der Waals surface area (Å²) in [6.45, 7) is 0. The molecule has 0 saturated heterocycles. The molecule has 0 bridgehead atoms. The van der Waals surface area contributed by atoms with Crippen molar-refractivity contribution in [2.75, 3.05) is 0 Å². The number of aldehydes is 1. The van der Waals surface area contributed by atoms with Gasteiger partial charge in [-0.15, -0.1) is 0 Å². The van der Waals surface area contributed by atoms with E-state index in [1.54, 1.807) is 0 Å². The number of hydrogen-bond acceptors (Lipinski definition) is 1. The summed E-state index contributed by atoms with van der Waals surface area (Å²) in [5.41, 5.74) is 0. The zero-order valence-corrected chi connectivity index (χ0v) is 10.4. The fourth-order valence-corrected chi connectivity index (χ4v) is 1.33. The molecule has 0 N–H and O–H groups in total. The van der Waals surface area contributed by atoms with Crippen molar-refractivity contribution in [2.45, 2.75) is 4.84 Å². The van der Waals surface area contributed by atoms with E-state index >= 15 is 0 Å². The van der Waals surface area contributed by atoms with Crippen LogP contribution >= 0.6 is 69.6 Å². The van der Waals surface area contributed by atoms with Gasteiger partial charge < -0.3 is 0 Å². The summed E-state index contributed by atoms with van der Waals surface area (Å²) in [4.78, 5) is 9.16. The highest BCUT2D eigenvalue weighted by atomic mass is 35.5. The van der Waals surface area contributed by atoms with Crippen molar-refractivity contribution in [3.8, 4) is 0 Å². The summed E-state index contributed by atoms with van der Waals surface area (Å²) in [5.74, 6) is 0. The second kappa shape index (κ2) is 6.39. The average molecular weight is 303 g/mol. The van der Waals surface area contributed by atoms with Crippen LogP contribution in [0.1, 0.15) is 0 Å². The number of carbonyl (C=O) groups is 1. The molecule has 0 atom stereocenters. The molecule has 0 heterocycles. The summed E-state index contributed by atoms with van der Waals surface area (Å²) >= 11 is 32.9. The third-order valence-electron chi connectivity index (χ3n) is 0.907. The van der Waals surface area contributed by atoms with Crippen molar-refractivity contribution in [1.82, 2.24) is 0 Å². The average Bonchev–Trinajstić information content (AvgIpc) is 2.12. The minimum absolute atomic E-state index is 0.0880. The number of allylic oxidation sites excluding steroid dienone is 4. The van der Waals surface area contributed by atoms with Gasteiger partial charge in [-0.2, -0.15) is 0 Å². The van der Waals surface area contributed by atoms with Gasteiger partial charge in [0.25, 0.3) is 0 Å². The Hall–Kier alpha value is 0.890.